The fourth-order valence-electron chi connectivity index (χ4n) is 5.14. The predicted molar refractivity (Wildman–Crippen MR) is 109 cm³/mol. The maximum atomic E-state index is 13.1. The third kappa shape index (κ3) is 4.27. The van der Waals surface area contributed by atoms with E-state index >= 15 is 0 Å². The Morgan fingerprint density at radius 2 is 1.41 bits per heavy atom. The number of rotatable bonds is 7. The molecule has 0 bridgehead atoms. The lowest BCUT2D eigenvalue weighted by atomic mass is 9.94. The molecule has 3 aliphatic rings. The summed E-state index contributed by atoms with van der Waals surface area (Å²) in [6, 6.07) is -0.789. The van der Waals surface area contributed by atoms with Gasteiger partial charge < -0.3 is 31.9 Å². The highest BCUT2D eigenvalue weighted by Crippen LogP contribution is 2.30. The summed E-state index contributed by atoms with van der Waals surface area (Å²) in [7, 11) is 0. The fraction of sp³-hybridized carbons (Fsp3) is 0.850. The van der Waals surface area contributed by atoms with E-state index in [4.69, 9.17) is 17.2 Å². The van der Waals surface area contributed by atoms with Crippen molar-refractivity contribution in [3.63, 3.8) is 0 Å². The Kier molecular flexibility index (Phi) is 6.50. The van der Waals surface area contributed by atoms with Crippen molar-refractivity contribution in [1.29, 1.82) is 0 Å². The summed E-state index contributed by atoms with van der Waals surface area (Å²) < 4.78 is 0. The molecule has 3 amide bonds. The lowest BCUT2D eigenvalue weighted by Gasteiger charge is -2.29. The third-order valence-corrected chi connectivity index (χ3v) is 6.93. The van der Waals surface area contributed by atoms with E-state index in [0.717, 1.165) is 0 Å². The lowest BCUT2D eigenvalue weighted by Crippen LogP contribution is -2.42. The molecule has 164 valence electrons. The van der Waals surface area contributed by atoms with Gasteiger partial charge in [0.25, 0.3) is 0 Å². The van der Waals surface area contributed by atoms with Crippen molar-refractivity contribution in [2.75, 3.05) is 26.2 Å². The van der Waals surface area contributed by atoms with Crippen LogP contribution < -0.4 is 17.2 Å². The summed E-state index contributed by atoms with van der Waals surface area (Å²) in [4.78, 5) is 43.1. The van der Waals surface area contributed by atoms with Crippen molar-refractivity contribution in [2.45, 2.75) is 70.2 Å². The van der Waals surface area contributed by atoms with Crippen LogP contribution in [0.4, 0.5) is 0 Å². The number of hydrogen-bond acceptors (Lipinski definition) is 6. The molecular weight excluding hydrogens is 372 g/mol. The number of nitrogens with two attached hydrogens (primary N) is 3. The van der Waals surface area contributed by atoms with Gasteiger partial charge in [0.15, 0.2) is 0 Å². The van der Waals surface area contributed by atoms with Crippen LogP contribution in [0.3, 0.4) is 0 Å². The Morgan fingerprint density at radius 3 is 1.93 bits per heavy atom. The van der Waals surface area contributed by atoms with E-state index in [0.29, 0.717) is 45.4 Å². The van der Waals surface area contributed by atoms with E-state index in [2.05, 4.69) is 0 Å². The van der Waals surface area contributed by atoms with E-state index in [1.54, 1.807) is 14.7 Å². The number of nitrogens with zero attached hydrogens (tertiary/aromatic N) is 3. The van der Waals surface area contributed by atoms with Crippen LogP contribution in [0.2, 0.25) is 0 Å². The molecular formula is C20H36N6O3. The zero-order valence-corrected chi connectivity index (χ0v) is 17.8. The Morgan fingerprint density at radius 1 is 0.862 bits per heavy atom. The van der Waals surface area contributed by atoms with Gasteiger partial charge in [-0.05, 0) is 33.6 Å². The summed E-state index contributed by atoms with van der Waals surface area (Å²) in [5, 5.41) is 0. The predicted octanol–water partition coefficient (Wildman–Crippen LogP) is -1.31. The van der Waals surface area contributed by atoms with Crippen molar-refractivity contribution in [3.05, 3.63) is 0 Å². The van der Waals surface area contributed by atoms with Crippen molar-refractivity contribution in [3.8, 4) is 0 Å². The highest BCUT2D eigenvalue weighted by atomic mass is 16.2. The molecule has 3 heterocycles. The molecule has 3 rings (SSSR count). The second kappa shape index (κ2) is 8.57. The molecule has 3 aliphatic heterocycles. The van der Waals surface area contributed by atoms with Gasteiger partial charge in [0.05, 0.1) is 11.8 Å². The first-order chi connectivity index (χ1) is 13.6. The van der Waals surface area contributed by atoms with Crippen LogP contribution in [-0.4, -0.2) is 88.8 Å². The Balaban J connectivity index is 1.60. The Bertz CT molecular complexity index is 658. The van der Waals surface area contributed by atoms with Crippen molar-refractivity contribution in [1.82, 2.24) is 14.7 Å². The standard InChI is InChI=1S/C20H36N6O3/c1-4-24-9-16(22)14(19(24)28)6-12(3)26-10-17(23)15(20(26)29)5-11(2)25-8-13(21)7-18(25)27/h11-17H,4-10,21-23H2,1-3H3/t11?,12?,13-,14?,15?,16?,17-/m0/s1. The van der Waals surface area contributed by atoms with Crippen LogP contribution in [0.25, 0.3) is 0 Å². The molecule has 5 unspecified atom stereocenters. The van der Waals surface area contributed by atoms with Gasteiger partial charge >= 0.3 is 0 Å². The fourth-order valence-corrected chi connectivity index (χ4v) is 5.14. The molecule has 3 saturated heterocycles. The molecule has 29 heavy (non-hydrogen) atoms. The maximum Gasteiger partial charge on any atom is 0.227 e. The quantitative estimate of drug-likeness (QED) is 0.478. The number of hydrogen-bond donors (Lipinski definition) is 3. The van der Waals surface area contributed by atoms with Gasteiger partial charge in [0, 0.05) is 62.8 Å². The minimum Gasteiger partial charge on any atom is -0.341 e. The second-order valence-corrected chi connectivity index (χ2v) is 9.09. The minimum absolute atomic E-state index is 0.0131. The Hall–Kier alpha value is -1.71. The molecule has 6 N–H and O–H groups in total. The highest BCUT2D eigenvalue weighted by molar-refractivity contribution is 5.84. The SMILES string of the molecule is CCN1CC(N)C(CC(C)N2C[C@H](N)C(CC(C)N3C[C@@H](N)CC3=O)C2=O)C1=O. The molecule has 3 fully saturated rings. The first kappa shape index (κ1) is 22.0. The largest absolute Gasteiger partial charge is 0.341 e. The highest BCUT2D eigenvalue weighted by Gasteiger charge is 2.45. The molecule has 0 spiro atoms. The topological polar surface area (TPSA) is 139 Å². The van der Waals surface area contributed by atoms with Gasteiger partial charge in [-0.2, -0.15) is 0 Å². The normalized spacial score (nSPS) is 35.2. The zero-order valence-electron chi connectivity index (χ0n) is 17.8. The van der Waals surface area contributed by atoms with E-state index < -0.39 is 0 Å². The van der Waals surface area contributed by atoms with Gasteiger partial charge in [-0.15, -0.1) is 0 Å². The molecule has 0 aromatic carbocycles. The van der Waals surface area contributed by atoms with Gasteiger partial charge in [0.1, 0.15) is 0 Å². The summed E-state index contributed by atoms with van der Waals surface area (Å²) in [5.74, 6) is -0.438. The third-order valence-electron chi connectivity index (χ3n) is 6.93. The first-order valence-electron chi connectivity index (χ1n) is 10.8. The van der Waals surface area contributed by atoms with Gasteiger partial charge in [-0.1, -0.05) is 0 Å². The molecule has 9 nitrogen and oxygen atoms in total. The van der Waals surface area contributed by atoms with Gasteiger partial charge in [-0.3, -0.25) is 14.4 Å². The first-order valence-corrected chi connectivity index (χ1v) is 10.8. The van der Waals surface area contributed by atoms with Gasteiger partial charge in [-0.25, -0.2) is 0 Å². The average molecular weight is 409 g/mol. The molecule has 0 aliphatic carbocycles. The number of carbonyl (C=O) groups excluding carboxylic acids is 3. The average Bonchev–Trinajstić information content (AvgIpc) is 3.24. The summed E-state index contributed by atoms with van der Waals surface area (Å²) in [6.45, 7) is 8.11. The van der Waals surface area contributed by atoms with Crippen molar-refractivity contribution in [2.24, 2.45) is 29.0 Å². The smallest absolute Gasteiger partial charge is 0.227 e. The van der Waals surface area contributed by atoms with E-state index in [1.165, 1.54) is 0 Å². The van der Waals surface area contributed by atoms with Crippen LogP contribution in [0.1, 0.15) is 40.0 Å². The van der Waals surface area contributed by atoms with Crippen LogP contribution in [0.5, 0.6) is 0 Å². The number of amides is 3. The van der Waals surface area contributed by atoms with Gasteiger partial charge in [0.2, 0.25) is 17.7 Å². The zero-order chi connectivity index (χ0) is 21.5. The van der Waals surface area contributed by atoms with Crippen LogP contribution in [0.15, 0.2) is 0 Å². The van der Waals surface area contributed by atoms with Crippen molar-refractivity contribution < 1.29 is 14.4 Å². The molecule has 0 saturated carbocycles. The van der Waals surface area contributed by atoms with Crippen LogP contribution in [-0.2, 0) is 14.4 Å². The monoisotopic (exact) mass is 408 g/mol. The van der Waals surface area contributed by atoms with Crippen molar-refractivity contribution >= 4 is 17.7 Å². The van der Waals surface area contributed by atoms with Crippen LogP contribution >= 0.6 is 0 Å². The minimum atomic E-state index is -0.322. The second-order valence-electron chi connectivity index (χ2n) is 9.09. The van der Waals surface area contributed by atoms with E-state index in [1.807, 2.05) is 20.8 Å². The molecule has 0 radical (unpaired) electrons. The molecule has 0 aromatic heterocycles. The molecule has 9 heteroatoms. The summed E-state index contributed by atoms with van der Waals surface area (Å²) in [5.41, 5.74) is 18.4. The molecule has 7 atom stereocenters. The van der Waals surface area contributed by atoms with Crippen LogP contribution in [0, 0.1) is 11.8 Å². The lowest BCUT2D eigenvalue weighted by molar-refractivity contribution is -0.136. The summed E-state index contributed by atoms with van der Waals surface area (Å²) >= 11 is 0. The van der Waals surface area contributed by atoms with E-state index in [9.17, 15) is 14.4 Å². The van der Waals surface area contributed by atoms with E-state index in [-0.39, 0.29) is 59.8 Å². The number of likely N-dealkylation sites (N-methyl/N-ethyl adjacent to an activating group) is 1. The summed E-state index contributed by atoms with van der Waals surface area (Å²) in [6.07, 6.45) is 1.45. The number of likely N-dealkylation sites (tertiary alicyclic amines) is 3. The maximum absolute atomic E-state index is 13.1. The Labute approximate surface area is 172 Å². The number of carbonyl (C=O) groups is 3. The molecule has 0 aromatic rings.